The van der Waals surface area contributed by atoms with Crippen LogP contribution in [0.15, 0.2) is 18.2 Å². The molecule has 2 rings (SSSR count). The van der Waals surface area contributed by atoms with E-state index in [4.69, 9.17) is 16.3 Å². The highest BCUT2D eigenvalue weighted by molar-refractivity contribution is 6.31. The zero-order valence-electron chi connectivity index (χ0n) is 8.66. The third-order valence-electron chi connectivity index (χ3n) is 2.36. The zero-order valence-corrected chi connectivity index (χ0v) is 9.41. The zero-order chi connectivity index (χ0) is 11.0. The van der Waals surface area contributed by atoms with Crippen molar-refractivity contribution in [3.63, 3.8) is 0 Å². The maximum absolute atomic E-state index is 11.4. The Bertz CT molecular complexity index is 406. The quantitative estimate of drug-likeness (QED) is 0.679. The van der Waals surface area contributed by atoms with E-state index < -0.39 is 0 Å². The predicted molar refractivity (Wildman–Crippen MR) is 59.6 cm³/mol. The van der Waals surface area contributed by atoms with Crippen LogP contribution in [0.5, 0.6) is 5.75 Å². The summed E-state index contributed by atoms with van der Waals surface area (Å²) in [5.74, 6) is 0.724. The van der Waals surface area contributed by atoms with Gasteiger partial charge in [0.25, 0.3) is 0 Å². The highest BCUT2D eigenvalue weighted by atomic mass is 35.5. The van der Waals surface area contributed by atoms with Gasteiger partial charge in [-0.1, -0.05) is 11.6 Å². The van der Waals surface area contributed by atoms with Crippen LogP contribution < -0.4 is 9.64 Å². The maximum atomic E-state index is 11.4. The van der Waals surface area contributed by atoms with E-state index >= 15 is 0 Å². The topological polar surface area (TPSA) is 29.5 Å². The summed E-state index contributed by atoms with van der Waals surface area (Å²) in [7, 11) is 0. The van der Waals surface area contributed by atoms with Crippen LogP contribution in [-0.4, -0.2) is 18.6 Å². The molecular formula is C11H12ClNO2. The number of rotatable bonds is 0. The van der Waals surface area contributed by atoms with E-state index in [1.807, 2.05) is 6.92 Å². The van der Waals surface area contributed by atoms with Crippen molar-refractivity contribution < 1.29 is 9.53 Å². The first kappa shape index (κ1) is 10.3. The van der Waals surface area contributed by atoms with Crippen molar-refractivity contribution in [2.75, 3.05) is 11.4 Å². The van der Waals surface area contributed by atoms with Crippen LogP contribution in [0.3, 0.4) is 0 Å². The molecule has 3 nitrogen and oxygen atoms in total. The molecule has 4 heteroatoms. The molecule has 0 bridgehead atoms. The number of hydrogen-bond donors (Lipinski definition) is 0. The normalized spacial score (nSPS) is 19.4. The smallest absolute Gasteiger partial charge is 0.224 e. The molecule has 0 saturated carbocycles. The molecule has 1 amide bonds. The number of halogens is 1. The van der Waals surface area contributed by atoms with Gasteiger partial charge in [-0.25, -0.2) is 0 Å². The largest absolute Gasteiger partial charge is 0.487 e. The van der Waals surface area contributed by atoms with Gasteiger partial charge in [0.2, 0.25) is 5.91 Å². The number of nitrogens with zero attached hydrogens (tertiary/aromatic N) is 1. The maximum Gasteiger partial charge on any atom is 0.224 e. The Labute approximate surface area is 93.6 Å². The van der Waals surface area contributed by atoms with Gasteiger partial charge < -0.3 is 9.64 Å². The van der Waals surface area contributed by atoms with Gasteiger partial charge in [0.15, 0.2) is 0 Å². The molecule has 0 N–H and O–H groups in total. The Morgan fingerprint density at radius 2 is 2.33 bits per heavy atom. The van der Waals surface area contributed by atoms with Gasteiger partial charge in [-0.05, 0) is 25.1 Å². The second-order valence-electron chi connectivity index (χ2n) is 3.67. The van der Waals surface area contributed by atoms with Gasteiger partial charge in [0, 0.05) is 11.9 Å². The predicted octanol–water partition coefficient (Wildman–Crippen LogP) is 2.47. The number of amides is 1. The molecule has 1 aromatic rings. The molecule has 1 atom stereocenters. The monoisotopic (exact) mass is 225 g/mol. The van der Waals surface area contributed by atoms with Gasteiger partial charge in [-0.3, -0.25) is 4.79 Å². The third kappa shape index (κ3) is 1.92. The molecule has 15 heavy (non-hydrogen) atoms. The molecule has 0 aliphatic carbocycles. The Kier molecular flexibility index (Phi) is 2.57. The number of anilines is 1. The van der Waals surface area contributed by atoms with Gasteiger partial charge in [-0.2, -0.15) is 0 Å². The second-order valence-corrected chi connectivity index (χ2v) is 4.11. The van der Waals surface area contributed by atoms with E-state index in [2.05, 4.69) is 0 Å². The molecule has 0 aromatic heterocycles. The molecule has 1 aliphatic rings. The van der Waals surface area contributed by atoms with E-state index in [1.165, 1.54) is 0 Å². The Morgan fingerprint density at radius 1 is 1.60 bits per heavy atom. The minimum absolute atomic E-state index is 0.00802. The summed E-state index contributed by atoms with van der Waals surface area (Å²) >= 11 is 5.89. The van der Waals surface area contributed by atoms with E-state index in [-0.39, 0.29) is 12.0 Å². The van der Waals surface area contributed by atoms with Crippen molar-refractivity contribution in [2.45, 2.75) is 20.0 Å². The first-order valence-electron chi connectivity index (χ1n) is 4.82. The first-order valence-corrected chi connectivity index (χ1v) is 5.20. The number of fused-ring (bicyclic) bond motifs is 1. The number of ether oxygens (including phenoxy) is 1. The summed E-state index contributed by atoms with van der Waals surface area (Å²) in [5.41, 5.74) is 0.758. The minimum Gasteiger partial charge on any atom is -0.487 e. The lowest BCUT2D eigenvalue weighted by atomic mass is 10.2. The first-order chi connectivity index (χ1) is 7.08. The standard InChI is InChI=1S/C11H12ClNO2/c1-7-6-13(8(2)14)10-5-9(12)3-4-11(10)15-7/h3-5,7H,6H2,1-2H3/t7-/m0/s1. The van der Waals surface area contributed by atoms with E-state index in [1.54, 1.807) is 30.0 Å². The molecule has 0 radical (unpaired) electrons. The number of carbonyl (C=O) groups excluding carboxylic acids is 1. The van der Waals surface area contributed by atoms with Crippen molar-refractivity contribution in [2.24, 2.45) is 0 Å². The van der Waals surface area contributed by atoms with Crippen LogP contribution >= 0.6 is 11.6 Å². The molecular weight excluding hydrogens is 214 g/mol. The van der Waals surface area contributed by atoms with E-state index in [0.29, 0.717) is 17.3 Å². The molecule has 80 valence electrons. The van der Waals surface area contributed by atoms with Crippen molar-refractivity contribution in [1.82, 2.24) is 0 Å². The Morgan fingerprint density at radius 3 is 3.00 bits per heavy atom. The van der Waals surface area contributed by atoms with Crippen LogP contribution in [0.1, 0.15) is 13.8 Å². The SMILES string of the molecule is CC(=O)N1C[C@H](C)Oc2ccc(Cl)cc21. The van der Waals surface area contributed by atoms with E-state index in [9.17, 15) is 4.79 Å². The summed E-state index contributed by atoms with van der Waals surface area (Å²) in [6.07, 6.45) is 0.0163. The molecule has 0 fully saturated rings. The van der Waals surface area contributed by atoms with Crippen LogP contribution in [-0.2, 0) is 4.79 Å². The van der Waals surface area contributed by atoms with Crippen molar-refractivity contribution in [3.05, 3.63) is 23.2 Å². The minimum atomic E-state index is 0.00802. The van der Waals surface area contributed by atoms with E-state index in [0.717, 1.165) is 5.69 Å². The average molecular weight is 226 g/mol. The number of benzene rings is 1. The fourth-order valence-corrected chi connectivity index (χ4v) is 1.88. The van der Waals surface area contributed by atoms with Crippen LogP contribution in [0.4, 0.5) is 5.69 Å². The summed E-state index contributed by atoms with van der Waals surface area (Å²) in [4.78, 5) is 13.1. The fourth-order valence-electron chi connectivity index (χ4n) is 1.71. The van der Waals surface area contributed by atoms with Gasteiger partial charge >= 0.3 is 0 Å². The van der Waals surface area contributed by atoms with Gasteiger partial charge in [-0.15, -0.1) is 0 Å². The number of hydrogen-bond acceptors (Lipinski definition) is 2. The Hall–Kier alpha value is -1.22. The van der Waals surface area contributed by atoms with Crippen molar-refractivity contribution in [1.29, 1.82) is 0 Å². The van der Waals surface area contributed by atoms with Crippen LogP contribution in [0, 0.1) is 0 Å². The molecule has 1 heterocycles. The van der Waals surface area contributed by atoms with Gasteiger partial charge in [0.05, 0.1) is 12.2 Å². The third-order valence-corrected chi connectivity index (χ3v) is 2.59. The summed E-state index contributed by atoms with van der Waals surface area (Å²) in [6.45, 7) is 4.05. The van der Waals surface area contributed by atoms with Gasteiger partial charge in [0.1, 0.15) is 11.9 Å². The molecule has 0 unspecified atom stereocenters. The lowest BCUT2D eigenvalue weighted by Gasteiger charge is -2.32. The number of carbonyl (C=O) groups is 1. The highest BCUT2D eigenvalue weighted by Crippen LogP contribution is 2.35. The van der Waals surface area contributed by atoms with Crippen molar-refractivity contribution in [3.8, 4) is 5.75 Å². The lowest BCUT2D eigenvalue weighted by molar-refractivity contribution is -0.117. The summed E-state index contributed by atoms with van der Waals surface area (Å²) in [5, 5.41) is 0.609. The fraction of sp³-hybridized carbons (Fsp3) is 0.364. The highest BCUT2D eigenvalue weighted by Gasteiger charge is 2.25. The molecule has 1 aromatic carbocycles. The molecule has 1 aliphatic heterocycles. The molecule has 0 saturated heterocycles. The molecule has 0 spiro atoms. The van der Waals surface area contributed by atoms with Crippen LogP contribution in [0.25, 0.3) is 0 Å². The summed E-state index contributed by atoms with van der Waals surface area (Å²) in [6, 6.07) is 5.31. The Balaban J connectivity index is 2.47. The van der Waals surface area contributed by atoms with Crippen molar-refractivity contribution >= 4 is 23.2 Å². The van der Waals surface area contributed by atoms with Crippen LogP contribution in [0.2, 0.25) is 5.02 Å². The second kappa shape index (κ2) is 3.74. The lowest BCUT2D eigenvalue weighted by Crippen LogP contribution is -2.41. The summed E-state index contributed by atoms with van der Waals surface area (Å²) < 4.78 is 5.61. The average Bonchev–Trinajstić information content (AvgIpc) is 2.17.